The summed E-state index contributed by atoms with van der Waals surface area (Å²) in [5.74, 6) is 1.93. The number of amides is 2. The molecule has 1 spiro atoms. The molecule has 0 saturated heterocycles. The highest BCUT2D eigenvalue weighted by atomic mass is 16.3. The van der Waals surface area contributed by atoms with E-state index >= 15 is 0 Å². The van der Waals surface area contributed by atoms with Gasteiger partial charge in [-0.2, -0.15) is 0 Å². The molecule has 5 nitrogen and oxygen atoms in total. The zero-order chi connectivity index (χ0) is 18.8. The van der Waals surface area contributed by atoms with Crippen molar-refractivity contribution in [3.63, 3.8) is 0 Å². The zero-order valence-electron chi connectivity index (χ0n) is 15.8. The quantitative estimate of drug-likeness (QED) is 0.668. The molecule has 4 fully saturated rings. The number of aliphatic hydroxyl groups excluding tert-OH is 1. The molecule has 5 rings (SSSR count). The molecule has 2 amide bonds. The second-order valence-corrected chi connectivity index (χ2v) is 9.17. The Balaban J connectivity index is 1.37. The molecule has 2 bridgehead atoms. The molecule has 4 saturated carbocycles. The number of carbonyl (C=O) groups is 2. The fourth-order valence-electron chi connectivity index (χ4n) is 7.63. The largest absolute Gasteiger partial charge is 0.393 e. The van der Waals surface area contributed by atoms with Gasteiger partial charge in [0.2, 0.25) is 11.8 Å². The Morgan fingerprint density at radius 3 is 2.52 bits per heavy atom. The van der Waals surface area contributed by atoms with Crippen LogP contribution in [-0.4, -0.2) is 36.1 Å². The van der Waals surface area contributed by atoms with Gasteiger partial charge in [-0.1, -0.05) is 30.3 Å². The molecule has 4 aliphatic carbocycles. The average Bonchev–Trinajstić information content (AvgIpc) is 3.14. The van der Waals surface area contributed by atoms with Crippen molar-refractivity contribution in [2.45, 2.75) is 44.1 Å². The van der Waals surface area contributed by atoms with E-state index in [-0.39, 0.29) is 23.3 Å². The second kappa shape index (κ2) is 5.81. The van der Waals surface area contributed by atoms with Gasteiger partial charge >= 0.3 is 0 Å². The van der Waals surface area contributed by atoms with Crippen LogP contribution in [0.1, 0.15) is 38.2 Å². The minimum atomic E-state index is -0.113. The lowest BCUT2D eigenvalue weighted by atomic mass is 9.26. The summed E-state index contributed by atoms with van der Waals surface area (Å²) >= 11 is 0. The Morgan fingerprint density at radius 2 is 1.81 bits per heavy atom. The monoisotopic (exact) mass is 368 g/mol. The molecule has 3 N–H and O–H groups in total. The van der Waals surface area contributed by atoms with Gasteiger partial charge in [-0.05, 0) is 53.9 Å². The van der Waals surface area contributed by atoms with Crippen molar-refractivity contribution in [2.75, 3.05) is 13.1 Å². The third-order valence-corrected chi connectivity index (χ3v) is 8.36. The van der Waals surface area contributed by atoms with E-state index in [4.69, 9.17) is 0 Å². The van der Waals surface area contributed by atoms with Crippen LogP contribution in [0, 0.1) is 29.1 Å². The van der Waals surface area contributed by atoms with Gasteiger partial charge < -0.3 is 15.7 Å². The summed E-state index contributed by atoms with van der Waals surface area (Å²) in [5.41, 5.74) is 1.52. The van der Waals surface area contributed by atoms with Crippen molar-refractivity contribution in [1.29, 1.82) is 0 Å². The molecule has 4 aliphatic rings. The van der Waals surface area contributed by atoms with E-state index in [1.807, 2.05) is 6.07 Å². The van der Waals surface area contributed by atoms with Crippen LogP contribution >= 0.6 is 0 Å². The number of aliphatic hydroxyl groups is 1. The summed E-state index contributed by atoms with van der Waals surface area (Å²) in [4.78, 5) is 23.8. The number of benzene rings is 1. The number of fused-ring (bicyclic) bond motifs is 1. The minimum absolute atomic E-state index is 0.0748. The van der Waals surface area contributed by atoms with E-state index in [1.165, 1.54) is 12.5 Å². The van der Waals surface area contributed by atoms with Crippen molar-refractivity contribution >= 4 is 11.8 Å². The molecule has 1 aromatic carbocycles. The Hall–Kier alpha value is -1.88. The van der Waals surface area contributed by atoms with Gasteiger partial charge in [-0.25, -0.2) is 0 Å². The van der Waals surface area contributed by atoms with Crippen LogP contribution in [0.3, 0.4) is 0 Å². The number of nitrogens with one attached hydrogen (secondary N) is 2. The Bertz CT molecular complexity index is 781. The summed E-state index contributed by atoms with van der Waals surface area (Å²) in [6, 6.07) is 10.6. The predicted molar refractivity (Wildman–Crippen MR) is 101 cm³/mol. The fraction of sp³-hybridized carbons (Fsp3) is 0.636. The van der Waals surface area contributed by atoms with Crippen molar-refractivity contribution in [1.82, 2.24) is 10.6 Å². The zero-order valence-corrected chi connectivity index (χ0v) is 15.8. The highest BCUT2D eigenvalue weighted by Gasteiger charge is 2.85. The molecule has 0 heterocycles. The van der Waals surface area contributed by atoms with Gasteiger partial charge in [-0.3, -0.25) is 9.59 Å². The van der Waals surface area contributed by atoms with Crippen LogP contribution in [0.25, 0.3) is 0 Å². The first-order valence-electron chi connectivity index (χ1n) is 10.2. The summed E-state index contributed by atoms with van der Waals surface area (Å²) in [5, 5.41) is 16.3. The van der Waals surface area contributed by atoms with E-state index < -0.39 is 0 Å². The molecule has 5 heteroatoms. The summed E-state index contributed by atoms with van der Waals surface area (Å²) in [6.07, 6.45) is 3.68. The normalized spacial score (nSPS) is 42.7. The molecule has 27 heavy (non-hydrogen) atoms. The van der Waals surface area contributed by atoms with Crippen molar-refractivity contribution in [3.05, 3.63) is 35.9 Å². The van der Waals surface area contributed by atoms with Crippen LogP contribution in [-0.2, 0) is 15.0 Å². The second-order valence-electron chi connectivity index (χ2n) is 9.17. The highest BCUT2D eigenvalue weighted by molar-refractivity contribution is 5.79. The van der Waals surface area contributed by atoms with Crippen LogP contribution in [0.15, 0.2) is 30.3 Å². The maximum absolute atomic E-state index is 12.8. The molecule has 144 valence electrons. The third kappa shape index (κ3) is 2.09. The molecule has 0 radical (unpaired) electrons. The minimum Gasteiger partial charge on any atom is -0.393 e. The van der Waals surface area contributed by atoms with E-state index in [0.29, 0.717) is 48.6 Å². The lowest BCUT2D eigenvalue weighted by Gasteiger charge is -2.77. The van der Waals surface area contributed by atoms with Crippen LogP contribution in [0.5, 0.6) is 0 Å². The maximum Gasteiger partial charge on any atom is 0.220 e. The molecule has 0 aromatic heterocycles. The van der Waals surface area contributed by atoms with Gasteiger partial charge in [-0.15, -0.1) is 0 Å². The molecule has 7 atom stereocenters. The van der Waals surface area contributed by atoms with Crippen LogP contribution in [0.2, 0.25) is 0 Å². The summed E-state index contributed by atoms with van der Waals surface area (Å²) in [6.45, 7) is 2.41. The SMILES string of the molecule is CC(=O)NCCNC(=O)CC1(c2ccccc2)C2CC3CC24C(CC14)C3O. The molecule has 0 aliphatic heterocycles. The van der Waals surface area contributed by atoms with Crippen molar-refractivity contribution in [3.8, 4) is 0 Å². The van der Waals surface area contributed by atoms with Crippen molar-refractivity contribution < 1.29 is 14.7 Å². The molecule has 1 aromatic rings. The Kier molecular flexibility index (Phi) is 3.71. The topological polar surface area (TPSA) is 78.4 Å². The first-order chi connectivity index (χ1) is 13.0. The Morgan fingerprint density at radius 1 is 1.11 bits per heavy atom. The number of hydrogen-bond donors (Lipinski definition) is 3. The third-order valence-electron chi connectivity index (χ3n) is 8.36. The van der Waals surface area contributed by atoms with E-state index in [2.05, 4.69) is 34.9 Å². The summed E-state index contributed by atoms with van der Waals surface area (Å²) in [7, 11) is 0. The van der Waals surface area contributed by atoms with Gasteiger partial charge in [0.15, 0.2) is 0 Å². The van der Waals surface area contributed by atoms with Crippen LogP contribution in [0.4, 0.5) is 0 Å². The van der Waals surface area contributed by atoms with Crippen molar-refractivity contribution in [2.24, 2.45) is 29.1 Å². The van der Waals surface area contributed by atoms with E-state index in [0.717, 1.165) is 19.3 Å². The lowest BCUT2D eigenvalue weighted by Crippen LogP contribution is -2.76. The number of hydrogen-bond acceptors (Lipinski definition) is 3. The summed E-state index contributed by atoms with van der Waals surface area (Å²) < 4.78 is 0. The number of rotatable bonds is 6. The van der Waals surface area contributed by atoms with E-state index in [9.17, 15) is 14.7 Å². The van der Waals surface area contributed by atoms with Gasteiger partial charge in [0.1, 0.15) is 0 Å². The molecular weight excluding hydrogens is 340 g/mol. The number of carbonyl (C=O) groups excluding carboxylic acids is 2. The average molecular weight is 368 g/mol. The predicted octanol–water partition coefficient (Wildman–Crippen LogP) is 1.60. The van der Waals surface area contributed by atoms with Gasteiger partial charge in [0.05, 0.1) is 6.10 Å². The maximum atomic E-state index is 12.8. The standard InChI is InChI=1S/C22H28N2O3/c1-13(25)23-7-8-24-19(26)12-21(15-5-3-2-4-6-15)17-9-14-11-22(17)16(20(14)27)10-18(21)22/h2-6,14,16-18,20,27H,7-12H2,1H3,(H,23,25)(H,24,26). The highest BCUT2D eigenvalue weighted by Crippen LogP contribution is 2.87. The first kappa shape index (κ1) is 17.2. The fourth-order valence-corrected chi connectivity index (χ4v) is 7.63. The van der Waals surface area contributed by atoms with E-state index in [1.54, 1.807) is 0 Å². The smallest absolute Gasteiger partial charge is 0.220 e. The lowest BCUT2D eigenvalue weighted by molar-refractivity contribution is -0.270. The van der Waals surface area contributed by atoms with Gasteiger partial charge in [0, 0.05) is 31.8 Å². The first-order valence-corrected chi connectivity index (χ1v) is 10.2. The molecular formula is C22H28N2O3. The van der Waals surface area contributed by atoms with Crippen LogP contribution < -0.4 is 10.6 Å². The molecule has 7 unspecified atom stereocenters. The van der Waals surface area contributed by atoms with Gasteiger partial charge in [0.25, 0.3) is 0 Å². The Labute approximate surface area is 159 Å².